The molecule has 0 aromatic carbocycles. The molecule has 2 aromatic heterocycles. The Hall–Kier alpha value is -2.66. The highest BCUT2D eigenvalue weighted by Crippen LogP contribution is 2.33. The molecule has 0 radical (unpaired) electrons. The number of fused-ring (bicyclic) bond motifs is 1. The average molecular weight is 509 g/mol. The predicted octanol–water partition coefficient (Wildman–Crippen LogP) is 4.33. The Labute approximate surface area is 189 Å². The van der Waals surface area contributed by atoms with E-state index in [1.165, 1.54) is 23.6 Å². The van der Waals surface area contributed by atoms with Crippen LogP contribution < -0.4 is 10.6 Å². The molecule has 3 heterocycles. The van der Waals surface area contributed by atoms with Crippen LogP contribution in [-0.2, 0) is 17.8 Å². The first-order chi connectivity index (χ1) is 14.9. The molecule has 0 saturated heterocycles. The Morgan fingerprint density at radius 3 is 2.94 bits per heavy atom. The Kier molecular flexibility index (Phi) is 6.15. The number of nitrogens with one attached hydrogen (secondary N) is 3. The number of aryl methyl sites for hydroxylation is 1. The van der Waals surface area contributed by atoms with Crippen LogP contribution >= 0.6 is 27.3 Å². The Morgan fingerprint density at radius 2 is 2.23 bits per heavy atom. The van der Waals surface area contributed by atoms with Crippen LogP contribution in [0.1, 0.15) is 30.8 Å². The van der Waals surface area contributed by atoms with Crippen LogP contribution in [0.25, 0.3) is 0 Å². The number of alkyl halides is 2. The van der Waals surface area contributed by atoms with Gasteiger partial charge in [-0.15, -0.1) is 11.3 Å². The van der Waals surface area contributed by atoms with E-state index in [1.54, 1.807) is 24.8 Å². The molecule has 1 aliphatic heterocycles. The second-order valence-corrected chi connectivity index (χ2v) is 8.85. The number of anilines is 1. The lowest BCUT2D eigenvalue weighted by Crippen LogP contribution is -2.32. The standard InChI is InChI=1S/C20H19BrF2N6OS/c1-10-13(21)7-11(18(22)23)12(15(10)24)8-26-17(19(30)28-20-25-4-6-31-20)16-14-3-2-5-29(14)9-27-16/h4,6-9,17-18,24,26H,2-3,5H2,1H3,(H,25,28,30)/b12-8-,24-15?. The molecular formula is C20H19BrF2N6OS. The fourth-order valence-electron chi connectivity index (χ4n) is 3.58. The third-order valence-corrected chi connectivity index (χ3v) is 6.73. The highest BCUT2D eigenvalue weighted by atomic mass is 79.9. The van der Waals surface area contributed by atoms with Crippen molar-refractivity contribution in [3.8, 4) is 0 Å². The van der Waals surface area contributed by atoms with E-state index in [-0.39, 0.29) is 16.9 Å². The van der Waals surface area contributed by atoms with Gasteiger partial charge in [0.2, 0.25) is 0 Å². The zero-order valence-corrected chi connectivity index (χ0v) is 18.9. The van der Waals surface area contributed by atoms with Crippen molar-refractivity contribution in [3.05, 3.63) is 62.8 Å². The molecule has 4 rings (SSSR count). The van der Waals surface area contributed by atoms with Gasteiger partial charge in [-0.1, -0.05) is 15.9 Å². The third kappa shape index (κ3) is 4.24. The highest BCUT2D eigenvalue weighted by molar-refractivity contribution is 9.12. The van der Waals surface area contributed by atoms with Crippen molar-refractivity contribution in [2.45, 2.75) is 38.8 Å². The number of nitrogens with zero attached hydrogens (tertiary/aromatic N) is 3. The minimum atomic E-state index is -2.77. The van der Waals surface area contributed by atoms with Gasteiger partial charge in [-0.3, -0.25) is 15.5 Å². The normalized spacial score (nSPS) is 18.4. The van der Waals surface area contributed by atoms with Gasteiger partial charge in [0.25, 0.3) is 12.3 Å². The molecule has 11 heteroatoms. The van der Waals surface area contributed by atoms with Gasteiger partial charge in [0, 0.05) is 45.6 Å². The van der Waals surface area contributed by atoms with Crippen LogP contribution in [0.5, 0.6) is 0 Å². The molecule has 0 saturated carbocycles. The molecule has 7 nitrogen and oxygen atoms in total. The largest absolute Gasteiger partial charge is 0.374 e. The van der Waals surface area contributed by atoms with E-state index in [0.29, 0.717) is 20.9 Å². The van der Waals surface area contributed by atoms with Gasteiger partial charge < -0.3 is 9.88 Å². The summed E-state index contributed by atoms with van der Waals surface area (Å²) in [5, 5.41) is 16.2. The molecule has 0 bridgehead atoms. The van der Waals surface area contributed by atoms with E-state index in [1.807, 2.05) is 4.57 Å². The number of aromatic nitrogens is 3. The van der Waals surface area contributed by atoms with Crippen molar-refractivity contribution in [3.63, 3.8) is 0 Å². The van der Waals surface area contributed by atoms with E-state index in [2.05, 4.69) is 36.5 Å². The summed E-state index contributed by atoms with van der Waals surface area (Å²) in [6.07, 6.45) is 4.85. The predicted molar refractivity (Wildman–Crippen MR) is 119 cm³/mol. The lowest BCUT2D eigenvalue weighted by Gasteiger charge is -2.22. The third-order valence-electron chi connectivity index (χ3n) is 5.21. The first kappa shape index (κ1) is 21.6. The molecular weight excluding hydrogens is 490 g/mol. The van der Waals surface area contributed by atoms with Crippen molar-refractivity contribution in [2.24, 2.45) is 0 Å². The number of hydrogen-bond acceptors (Lipinski definition) is 6. The summed E-state index contributed by atoms with van der Waals surface area (Å²) in [5.74, 6) is -0.404. The second-order valence-electron chi connectivity index (χ2n) is 7.11. The van der Waals surface area contributed by atoms with E-state index in [4.69, 9.17) is 5.41 Å². The van der Waals surface area contributed by atoms with Crippen LogP contribution in [-0.4, -0.2) is 32.6 Å². The number of halogens is 3. The van der Waals surface area contributed by atoms with Gasteiger partial charge in [0.1, 0.15) is 0 Å². The first-order valence-electron chi connectivity index (χ1n) is 9.53. The number of carbonyl (C=O) groups is 1. The Bertz CT molecular complexity index is 1120. The molecule has 0 fully saturated rings. The summed E-state index contributed by atoms with van der Waals surface area (Å²) in [6, 6.07) is -0.924. The summed E-state index contributed by atoms with van der Waals surface area (Å²) >= 11 is 4.51. The van der Waals surface area contributed by atoms with Gasteiger partial charge in [0.15, 0.2) is 11.2 Å². The lowest BCUT2D eigenvalue weighted by atomic mass is 9.92. The lowest BCUT2D eigenvalue weighted by molar-refractivity contribution is -0.118. The number of imidazole rings is 1. The summed E-state index contributed by atoms with van der Waals surface area (Å²) in [6.45, 7) is 2.50. The van der Waals surface area contributed by atoms with E-state index >= 15 is 0 Å². The van der Waals surface area contributed by atoms with Gasteiger partial charge >= 0.3 is 0 Å². The van der Waals surface area contributed by atoms with E-state index in [9.17, 15) is 13.6 Å². The number of hydrogen-bond donors (Lipinski definition) is 3. The molecule has 3 N–H and O–H groups in total. The molecule has 1 amide bonds. The van der Waals surface area contributed by atoms with Crippen LogP contribution in [0.4, 0.5) is 13.9 Å². The van der Waals surface area contributed by atoms with Gasteiger partial charge in [-0.05, 0) is 31.4 Å². The van der Waals surface area contributed by atoms with E-state index < -0.39 is 18.4 Å². The Morgan fingerprint density at radius 1 is 1.42 bits per heavy atom. The monoisotopic (exact) mass is 508 g/mol. The fraction of sp³-hybridized carbons (Fsp3) is 0.300. The highest BCUT2D eigenvalue weighted by Gasteiger charge is 2.30. The molecule has 1 unspecified atom stereocenters. The molecule has 31 heavy (non-hydrogen) atoms. The number of rotatable bonds is 6. The number of thiazole rings is 1. The SMILES string of the molecule is CC1=C(Br)C=C(C(F)F)/C(=C/NC(C(=O)Nc2nccs2)c2ncn3c2CCC3)C1=N. The molecule has 2 aliphatic rings. The minimum absolute atomic E-state index is 0.0358. The summed E-state index contributed by atoms with van der Waals surface area (Å²) in [5.41, 5.74) is 1.73. The number of carbonyl (C=O) groups excluding carboxylic acids is 1. The fourth-order valence-corrected chi connectivity index (χ4v) is 4.55. The maximum atomic E-state index is 13.7. The minimum Gasteiger partial charge on any atom is -0.374 e. The van der Waals surface area contributed by atoms with Gasteiger partial charge in [-0.2, -0.15) is 0 Å². The molecule has 162 valence electrons. The zero-order valence-electron chi connectivity index (χ0n) is 16.5. The zero-order chi connectivity index (χ0) is 22.1. The van der Waals surface area contributed by atoms with Crippen molar-refractivity contribution in [1.82, 2.24) is 19.9 Å². The summed E-state index contributed by atoms with van der Waals surface area (Å²) < 4.78 is 29.7. The van der Waals surface area contributed by atoms with Crippen LogP contribution in [0.3, 0.4) is 0 Å². The smallest absolute Gasteiger partial charge is 0.264 e. The van der Waals surface area contributed by atoms with Crippen molar-refractivity contribution < 1.29 is 13.6 Å². The quantitative estimate of drug-likeness (QED) is 0.540. The molecule has 1 aliphatic carbocycles. The van der Waals surface area contributed by atoms with Crippen LogP contribution in [0.2, 0.25) is 0 Å². The second kappa shape index (κ2) is 8.83. The van der Waals surface area contributed by atoms with Gasteiger partial charge in [-0.25, -0.2) is 18.7 Å². The van der Waals surface area contributed by atoms with Crippen LogP contribution in [0.15, 0.2) is 51.4 Å². The van der Waals surface area contributed by atoms with E-state index in [0.717, 1.165) is 25.1 Å². The Balaban J connectivity index is 1.68. The van der Waals surface area contributed by atoms with Crippen molar-refractivity contribution >= 4 is 44.0 Å². The summed E-state index contributed by atoms with van der Waals surface area (Å²) in [7, 11) is 0. The topological polar surface area (TPSA) is 95.7 Å². The maximum Gasteiger partial charge on any atom is 0.264 e. The first-order valence-corrected chi connectivity index (χ1v) is 11.2. The maximum absolute atomic E-state index is 13.7. The number of amides is 1. The molecule has 0 spiro atoms. The van der Waals surface area contributed by atoms with Crippen LogP contribution in [0, 0.1) is 5.41 Å². The van der Waals surface area contributed by atoms with Crippen molar-refractivity contribution in [2.75, 3.05) is 5.32 Å². The molecule has 2 aromatic rings. The molecule has 1 atom stereocenters. The number of allylic oxidation sites excluding steroid dienone is 5. The summed E-state index contributed by atoms with van der Waals surface area (Å²) in [4.78, 5) is 21.6. The average Bonchev–Trinajstić information content (AvgIpc) is 3.47. The van der Waals surface area contributed by atoms with Gasteiger partial charge in [0.05, 0.1) is 17.7 Å². The van der Waals surface area contributed by atoms with Crippen molar-refractivity contribution in [1.29, 1.82) is 5.41 Å².